The predicted molar refractivity (Wildman–Crippen MR) is 169 cm³/mol. The van der Waals surface area contributed by atoms with E-state index in [1.807, 2.05) is 0 Å². The van der Waals surface area contributed by atoms with Crippen molar-refractivity contribution < 1.29 is 18.4 Å². The number of hydrogen-bond donors (Lipinski definition) is 0. The zero-order chi connectivity index (χ0) is 30.1. The van der Waals surface area contributed by atoms with Crippen LogP contribution in [0.2, 0.25) is 23.2 Å². The summed E-state index contributed by atoms with van der Waals surface area (Å²) in [5.74, 6) is -0.504. The first-order valence-electron chi connectivity index (χ1n) is 14.3. The zero-order valence-corrected chi connectivity index (χ0v) is 28.0. The van der Waals surface area contributed by atoms with Gasteiger partial charge < -0.3 is 13.6 Å². The molecule has 0 amide bonds. The summed E-state index contributed by atoms with van der Waals surface area (Å²) >= 11 is 0. The summed E-state index contributed by atoms with van der Waals surface area (Å²) in [6.45, 7) is 18.6. The van der Waals surface area contributed by atoms with Crippen LogP contribution in [0.3, 0.4) is 0 Å². The minimum Gasteiger partial charge on any atom is -0.464 e. The fourth-order valence-corrected chi connectivity index (χ4v) is 11.3. The van der Waals surface area contributed by atoms with Crippen LogP contribution in [0.25, 0.3) is 0 Å². The Bertz CT molecular complexity index is 1320. The summed E-state index contributed by atoms with van der Waals surface area (Å²) in [5, 5.41) is 10.8. The molecule has 4 rings (SSSR count). The monoisotopic (exact) mass is 591 g/mol. The van der Waals surface area contributed by atoms with Crippen molar-refractivity contribution in [1.82, 2.24) is 15.0 Å². The zero-order valence-electron chi connectivity index (χ0n) is 26.0. The lowest BCUT2D eigenvalue weighted by atomic mass is 10.2. The molecule has 41 heavy (non-hydrogen) atoms. The molecule has 0 bridgehead atoms. The number of carbonyl (C=O) groups is 1. The highest BCUT2D eigenvalue weighted by Crippen LogP contribution is 2.42. The number of esters is 1. The Labute approximate surface area is 247 Å². The number of benzene rings is 2. The van der Waals surface area contributed by atoms with E-state index in [2.05, 4.69) is 132 Å². The minimum atomic E-state index is -2.70. The van der Waals surface area contributed by atoms with E-state index in [9.17, 15) is 4.79 Å². The summed E-state index contributed by atoms with van der Waals surface area (Å²) in [7, 11) is -3.46. The molecule has 0 aliphatic heterocycles. The van der Waals surface area contributed by atoms with Gasteiger partial charge in [-0.1, -0.05) is 113 Å². The lowest BCUT2D eigenvalue weighted by Crippen LogP contribution is -2.66. The molecular formula is C32H45N3O4Si2. The van der Waals surface area contributed by atoms with Gasteiger partial charge >= 0.3 is 5.97 Å². The minimum absolute atomic E-state index is 0.0469. The van der Waals surface area contributed by atoms with Gasteiger partial charge in [-0.2, -0.15) is 0 Å². The predicted octanol–water partition coefficient (Wildman–Crippen LogP) is 5.90. The van der Waals surface area contributed by atoms with Crippen molar-refractivity contribution >= 4 is 33.0 Å². The molecule has 1 aliphatic rings. The highest BCUT2D eigenvalue weighted by molar-refractivity contribution is 6.99. The fraction of sp³-hybridized carbons (Fsp3) is 0.469. The highest BCUT2D eigenvalue weighted by Gasteiger charge is 2.50. The second-order valence-electron chi connectivity index (χ2n) is 13.5. The molecule has 0 N–H and O–H groups in total. The summed E-state index contributed by atoms with van der Waals surface area (Å²) in [4.78, 5) is 12.1. The number of methoxy groups -OCH3 is 1. The van der Waals surface area contributed by atoms with E-state index in [0.29, 0.717) is 6.61 Å². The van der Waals surface area contributed by atoms with Gasteiger partial charge in [0.15, 0.2) is 14.0 Å². The van der Waals surface area contributed by atoms with Crippen LogP contribution in [0.4, 0.5) is 0 Å². The first-order chi connectivity index (χ1) is 19.2. The van der Waals surface area contributed by atoms with Crippen LogP contribution >= 0.6 is 0 Å². The molecule has 1 aliphatic carbocycles. The highest BCUT2D eigenvalue weighted by atomic mass is 28.4. The average Bonchev–Trinajstić information content (AvgIpc) is 3.55. The first-order valence-corrected chi connectivity index (χ1v) is 19.1. The molecular weight excluding hydrogens is 547 g/mol. The third-order valence-electron chi connectivity index (χ3n) is 8.60. The number of nitrogens with zero attached hydrogens (tertiary/aromatic N) is 3. The number of hydrogen-bond acceptors (Lipinski definition) is 6. The lowest BCUT2D eigenvalue weighted by Gasteiger charge is -2.43. The Kier molecular flexibility index (Phi) is 8.94. The van der Waals surface area contributed by atoms with Gasteiger partial charge in [-0.3, -0.25) is 0 Å². The maximum Gasteiger partial charge on any atom is 0.360 e. The van der Waals surface area contributed by atoms with Gasteiger partial charge in [0.2, 0.25) is 0 Å². The van der Waals surface area contributed by atoms with E-state index in [1.54, 1.807) is 10.9 Å². The Hall–Kier alpha value is -2.86. The topological polar surface area (TPSA) is 75.5 Å². The van der Waals surface area contributed by atoms with E-state index in [0.717, 1.165) is 6.42 Å². The molecule has 0 spiro atoms. The van der Waals surface area contributed by atoms with Crippen molar-refractivity contribution in [2.75, 3.05) is 13.7 Å². The number of rotatable bonds is 9. The van der Waals surface area contributed by atoms with Crippen LogP contribution in [-0.4, -0.2) is 57.4 Å². The van der Waals surface area contributed by atoms with Crippen LogP contribution in [0.1, 0.15) is 64.5 Å². The lowest BCUT2D eigenvalue weighted by molar-refractivity contribution is 0.0593. The summed E-state index contributed by atoms with van der Waals surface area (Å²) in [5.41, 5.74) is 1.35. The van der Waals surface area contributed by atoms with E-state index in [-0.39, 0.29) is 27.9 Å². The van der Waals surface area contributed by atoms with Gasteiger partial charge in [-0.15, -0.1) is 5.10 Å². The summed E-state index contributed by atoms with van der Waals surface area (Å²) < 4.78 is 20.8. The van der Waals surface area contributed by atoms with Crippen molar-refractivity contribution in [3.05, 3.63) is 84.2 Å². The molecule has 220 valence electrons. The van der Waals surface area contributed by atoms with E-state index in [1.165, 1.54) is 23.1 Å². The second-order valence-corrected chi connectivity index (χ2v) is 22.5. The molecule has 3 aromatic rings. The van der Waals surface area contributed by atoms with Gasteiger partial charge in [0.05, 0.1) is 32.1 Å². The average molecular weight is 592 g/mol. The largest absolute Gasteiger partial charge is 0.464 e. The van der Waals surface area contributed by atoms with Gasteiger partial charge in [0, 0.05) is 0 Å². The van der Waals surface area contributed by atoms with E-state index >= 15 is 0 Å². The molecule has 2 aromatic carbocycles. The molecule has 1 aromatic heterocycles. The quantitative estimate of drug-likeness (QED) is 0.175. The van der Waals surface area contributed by atoms with Gasteiger partial charge in [-0.25, -0.2) is 9.48 Å². The Morgan fingerprint density at radius 1 is 0.927 bits per heavy atom. The number of ether oxygens (including phenoxy) is 1. The Morgan fingerprint density at radius 2 is 1.49 bits per heavy atom. The van der Waals surface area contributed by atoms with Gasteiger partial charge in [-0.05, 0) is 45.5 Å². The third kappa shape index (κ3) is 6.33. The SMILES string of the molecule is COC(=O)c1cn([C@@H]2C=C(CO[Si](c3ccccc3)(c3ccccc3)C(C)(C)C)CC2O[Si](C)(C)C(C)(C)C)nn1. The van der Waals surface area contributed by atoms with Crippen LogP contribution in [-0.2, 0) is 13.6 Å². The second kappa shape index (κ2) is 11.8. The summed E-state index contributed by atoms with van der Waals surface area (Å²) in [6, 6.07) is 21.2. The maximum absolute atomic E-state index is 12.1. The fourth-order valence-electron chi connectivity index (χ4n) is 5.40. The van der Waals surface area contributed by atoms with Gasteiger partial charge in [0.1, 0.15) is 0 Å². The molecule has 9 heteroatoms. The number of carbonyl (C=O) groups excluding carboxylic acids is 1. The van der Waals surface area contributed by atoms with Gasteiger partial charge in [0.25, 0.3) is 8.32 Å². The third-order valence-corrected chi connectivity index (χ3v) is 18.1. The molecule has 1 unspecified atom stereocenters. The molecule has 0 radical (unpaired) electrons. The first kappa shape index (κ1) is 31.1. The number of aromatic nitrogens is 3. The molecule has 7 nitrogen and oxygen atoms in total. The van der Waals surface area contributed by atoms with Crippen molar-refractivity contribution in [3.8, 4) is 0 Å². The molecule has 1 heterocycles. The molecule has 0 fully saturated rings. The Balaban J connectivity index is 1.71. The standard InChI is InChI=1S/C32H45N3O4Si2/c1-31(2,3)40(8,9)39-29-21-24(20-28(29)35-22-27(33-34-35)30(36)37-7)23-38-41(32(4,5)6,25-16-12-10-13-17-25)26-18-14-11-15-19-26/h10-20,22,28-29H,21,23H2,1-9H3/t28-,29?/m1/s1. The molecule has 2 atom stereocenters. The van der Waals surface area contributed by atoms with Crippen molar-refractivity contribution in [3.63, 3.8) is 0 Å². The van der Waals surface area contributed by atoms with Crippen LogP contribution in [0.15, 0.2) is 78.5 Å². The van der Waals surface area contributed by atoms with Crippen molar-refractivity contribution in [2.45, 2.75) is 83.3 Å². The Morgan fingerprint density at radius 3 is 1.98 bits per heavy atom. The normalized spacial score (nSPS) is 18.3. The molecule has 0 saturated carbocycles. The van der Waals surface area contributed by atoms with Crippen LogP contribution < -0.4 is 10.4 Å². The maximum atomic E-state index is 12.1. The summed E-state index contributed by atoms with van der Waals surface area (Å²) in [6.07, 6.45) is 4.44. The van der Waals surface area contributed by atoms with E-state index < -0.39 is 22.6 Å². The van der Waals surface area contributed by atoms with E-state index in [4.69, 9.17) is 13.6 Å². The smallest absolute Gasteiger partial charge is 0.360 e. The van der Waals surface area contributed by atoms with Crippen molar-refractivity contribution in [2.24, 2.45) is 0 Å². The van der Waals surface area contributed by atoms with Crippen LogP contribution in [0.5, 0.6) is 0 Å². The molecule has 0 saturated heterocycles. The van der Waals surface area contributed by atoms with Crippen LogP contribution in [0, 0.1) is 0 Å². The van der Waals surface area contributed by atoms with Crippen molar-refractivity contribution in [1.29, 1.82) is 0 Å².